The van der Waals surface area contributed by atoms with Crippen LogP contribution in [0.25, 0.3) is 0 Å². The normalized spacial score (nSPS) is 19.1. The van der Waals surface area contributed by atoms with E-state index in [0.717, 1.165) is 25.0 Å². The lowest BCUT2D eigenvalue weighted by Crippen LogP contribution is -2.02. The topological polar surface area (TPSA) is 26.3 Å². The summed E-state index contributed by atoms with van der Waals surface area (Å²) < 4.78 is 5.69. The molecule has 2 heteroatoms. The van der Waals surface area contributed by atoms with Gasteiger partial charge in [0.15, 0.2) is 0 Å². The lowest BCUT2D eigenvalue weighted by Gasteiger charge is -2.05. The lowest BCUT2D eigenvalue weighted by atomic mass is 10.1. The summed E-state index contributed by atoms with van der Waals surface area (Å²) >= 11 is 0. The number of ketones is 1. The zero-order chi connectivity index (χ0) is 11.7. The summed E-state index contributed by atoms with van der Waals surface area (Å²) in [4.78, 5) is 11.6. The number of carbonyl (C=O) groups is 1. The Morgan fingerprint density at radius 1 is 1.12 bits per heavy atom. The first-order chi connectivity index (χ1) is 8.31. The molecule has 2 nitrogen and oxygen atoms in total. The molecule has 2 aliphatic rings. The zero-order valence-corrected chi connectivity index (χ0v) is 10.0. The molecule has 0 N–H and O–H groups in total. The lowest BCUT2D eigenvalue weighted by molar-refractivity contribution is -0.120. The molecule has 0 atom stereocenters. The smallest absolute Gasteiger partial charge is 0.136 e. The quantitative estimate of drug-likeness (QED) is 0.750. The van der Waals surface area contributed by atoms with Crippen molar-refractivity contribution in [1.82, 2.24) is 0 Å². The van der Waals surface area contributed by atoms with Crippen LogP contribution in [0.5, 0.6) is 5.75 Å². The summed E-state index contributed by atoms with van der Waals surface area (Å²) in [5.74, 6) is 1.81. The SMILES string of the molecule is O=C(CCc1ccc(OC2CC2)cc1)C1CC1. The van der Waals surface area contributed by atoms with Crippen molar-refractivity contribution in [2.24, 2.45) is 5.92 Å². The summed E-state index contributed by atoms with van der Waals surface area (Å²) in [5.41, 5.74) is 1.24. The van der Waals surface area contributed by atoms with Gasteiger partial charge < -0.3 is 4.74 Å². The van der Waals surface area contributed by atoms with Crippen LogP contribution in [0.4, 0.5) is 0 Å². The first-order valence-electron chi connectivity index (χ1n) is 6.59. The highest BCUT2D eigenvalue weighted by atomic mass is 16.5. The fourth-order valence-electron chi connectivity index (χ4n) is 1.99. The molecule has 0 aromatic heterocycles. The van der Waals surface area contributed by atoms with E-state index >= 15 is 0 Å². The zero-order valence-electron chi connectivity index (χ0n) is 10.0. The van der Waals surface area contributed by atoms with Gasteiger partial charge in [0.2, 0.25) is 0 Å². The largest absolute Gasteiger partial charge is 0.490 e. The maximum Gasteiger partial charge on any atom is 0.136 e. The summed E-state index contributed by atoms with van der Waals surface area (Å²) in [7, 11) is 0. The van der Waals surface area contributed by atoms with Crippen molar-refractivity contribution in [3.63, 3.8) is 0 Å². The van der Waals surface area contributed by atoms with Gasteiger partial charge in [-0.3, -0.25) is 4.79 Å². The van der Waals surface area contributed by atoms with E-state index < -0.39 is 0 Å². The van der Waals surface area contributed by atoms with Gasteiger partial charge in [-0.15, -0.1) is 0 Å². The van der Waals surface area contributed by atoms with E-state index in [1.54, 1.807) is 0 Å². The molecular formula is C15H18O2. The number of ether oxygens (including phenoxy) is 1. The van der Waals surface area contributed by atoms with Crippen molar-refractivity contribution < 1.29 is 9.53 Å². The van der Waals surface area contributed by atoms with Crippen LogP contribution in [0.15, 0.2) is 24.3 Å². The fourth-order valence-corrected chi connectivity index (χ4v) is 1.99. The molecule has 0 unspecified atom stereocenters. The monoisotopic (exact) mass is 230 g/mol. The average molecular weight is 230 g/mol. The molecule has 0 amide bonds. The third-order valence-electron chi connectivity index (χ3n) is 3.44. The van der Waals surface area contributed by atoms with Crippen molar-refractivity contribution >= 4 is 5.78 Å². The molecule has 0 spiro atoms. The minimum Gasteiger partial charge on any atom is -0.490 e. The second kappa shape index (κ2) is 4.52. The molecule has 2 fully saturated rings. The standard InChI is InChI=1S/C15H18O2/c16-15(12-4-5-12)10-3-11-1-6-13(7-2-11)17-14-8-9-14/h1-2,6-7,12,14H,3-5,8-10H2. The molecule has 0 aliphatic heterocycles. The molecule has 2 aliphatic carbocycles. The molecule has 90 valence electrons. The first-order valence-corrected chi connectivity index (χ1v) is 6.59. The first kappa shape index (κ1) is 10.8. The van der Waals surface area contributed by atoms with Crippen molar-refractivity contribution in [2.75, 3.05) is 0 Å². The predicted octanol–water partition coefficient (Wildman–Crippen LogP) is 3.14. The Kier molecular flexibility index (Phi) is 2.87. The van der Waals surface area contributed by atoms with Crippen LogP contribution < -0.4 is 4.74 Å². The maximum absolute atomic E-state index is 11.6. The Bertz CT molecular complexity index is 399. The molecule has 0 saturated heterocycles. The van der Waals surface area contributed by atoms with Gasteiger partial charge in [-0.05, 0) is 49.8 Å². The fraction of sp³-hybridized carbons (Fsp3) is 0.533. The number of rotatable bonds is 6. The van der Waals surface area contributed by atoms with Gasteiger partial charge in [0, 0.05) is 12.3 Å². The second-order valence-corrected chi connectivity index (χ2v) is 5.20. The number of hydrogen-bond donors (Lipinski definition) is 0. The number of benzene rings is 1. The number of hydrogen-bond acceptors (Lipinski definition) is 2. The Balaban J connectivity index is 1.50. The minimum absolute atomic E-state index is 0.396. The maximum atomic E-state index is 11.6. The highest BCUT2D eigenvalue weighted by Crippen LogP contribution is 2.31. The van der Waals surface area contributed by atoms with Crippen molar-refractivity contribution in [3.05, 3.63) is 29.8 Å². The number of aryl methyl sites for hydroxylation is 1. The minimum atomic E-state index is 0.396. The van der Waals surface area contributed by atoms with E-state index in [1.165, 1.54) is 18.4 Å². The van der Waals surface area contributed by atoms with Gasteiger partial charge in [-0.25, -0.2) is 0 Å². The van der Waals surface area contributed by atoms with Crippen LogP contribution in [-0.4, -0.2) is 11.9 Å². The van der Waals surface area contributed by atoms with E-state index in [9.17, 15) is 4.79 Å². The van der Waals surface area contributed by atoms with Gasteiger partial charge in [0.05, 0.1) is 6.10 Å². The van der Waals surface area contributed by atoms with Crippen molar-refractivity contribution in [2.45, 2.75) is 44.6 Å². The Morgan fingerprint density at radius 2 is 1.82 bits per heavy atom. The molecule has 0 radical (unpaired) electrons. The van der Waals surface area contributed by atoms with E-state index in [2.05, 4.69) is 12.1 Å². The van der Waals surface area contributed by atoms with Gasteiger partial charge in [-0.2, -0.15) is 0 Å². The summed E-state index contributed by atoms with van der Waals surface area (Å²) in [5, 5.41) is 0. The Labute approximate surface area is 102 Å². The Hall–Kier alpha value is -1.31. The summed E-state index contributed by atoms with van der Waals surface area (Å²) in [6.45, 7) is 0. The highest BCUT2D eigenvalue weighted by Gasteiger charge is 2.28. The third-order valence-corrected chi connectivity index (χ3v) is 3.44. The van der Waals surface area contributed by atoms with Crippen molar-refractivity contribution in [1.29, 1.82) is 0 Å². The molecule has 17 heavy (non-hydrogen) atoms. The summed E-state index contributed by atoms with van der Waals surface area (Å²) in [6, 6.07) is 8.21. The van der Waals surface area contributed by atoms with Crippen LogP contribution >= 0.6 is 0 Å². The van der Waals surface area contributed by atoms with Gasteiger partial charge >= 0.3 is 0 Å². The number of Topliss-reactive ketones (excluding diaryl/α,β-unsaturated/α-hetero) is 1. The molecule has 0 bridgehead atoms. The van der Waals surface area contributed by atoms with E-state index in [4.69, 9.17) is 4.74 Å². The van der Waals surface area contributed by atoms with Crippen LogP contribution in [0.1, 0.15) is 37.7 Å². The molecule has 1 aromatic carbocycles. The van der Waals surface area contributed by atoms with Gasteiger partial charge in [0.25, 0.3) is 0 Å². The molecule has 1 aromatic rings. The third kappa shape index (κ3) is 3.09. The molecule has 0 heterocycles. The molecular weight excluding hydrogens is 212 g/mol. The van der Waals surface area contributed by atoms with Crippen LogP contribution in [-0.2, 0) is 11.2 Å². The van der Waals surface area contributed by atoms with Crippen LogP contribution in [0, 0.1) is 5.92 Å². The highest BCUT2D eigenvalue weighted by molar-refractivity contribution is 5.83. The van der Waals surface area contributed by atoms with Crippen LogP contribution in [0.3, 0.4) is 0 Å². The van der Waals surface area contributed by atoms with Gasteiger partial charge in [-0.1, -0.05) is 12.1 Å². The molecule has 2 saturated carbocycles. The van der Waals surface area contributed by atoms with E-state index in [-0.39, 0.29) is 0 Å². The summed E-state index contributed by atoms with van der Waals surface area (Å²) in [6.07, 6.45) is 6.65. The van der Waals surface area contributed by atoms with Gasteiger partial charge in [0.1, 0.15) is 11.5 Å². The van der Waals surface area contributed by atoms with Crippen LogP contribution in [0.2, 0.25) is 0 Å². The molecule has 3 rings (SSSR count). The average Bonchev–Trinajstić information content (AvgIpc) is 3.20. The second-order valence-electron chi connectivity index (χ2n) is 5.20. The van der Waals surface area contributed by atoms with E-state index in [1.807, 2.05) is 12.1 Å². The number of carbonyl (C=O) groups excluding carboxylic acids is 1. The Morgan fingerprint density at radius 3 is 2.41 bits per heavy atom. The van der Waals surface area contributed by atoms with Crippen molar-refractivity contribution in [3.8, 4) is 5.75 Å². The predicted molar refractivity (Wildman–Crippen MR) is 66.1 cm³/mol. The van der Waals surface area contributed by atoms with E-state index in [0.29, 0.717) is 24.2 Å².